The summed E-state index contributed by atoms with van der Waals surface area (Å²) in [5, 5.41) is 18.0. The van der Waals surface area contributed by atoms with E-state index in [9.17, 15) is 13.2 Å². The summed E-state index contributed by atoms with van der Waals surface area (Å²) in [6, 6.07) is 5.65. The maximum absolute atomic E-state index is 13.9. The van der Waals surface area contributed by atoms with Crippen LogP contribution in [0.1, 0.15) is 25.5 Å². The molecule has 3 aromatic heterocycles. The molecule has 0 saturated carbocycles. The number of nitrogens with one attached hydrogen (secondary N) is 1. The van der Waals surface area contributed by atoms with Crippen LogP contribution in [-0.4, -0.2) is 82.8 Å². The van der Waals surface area contributed by atoms with Crippen LogP contribution in [0.4, 0.5) is 24.8 Å². The van der Waals surface area contributed by atoms with E-state index in [1.54, 1.807) is 22.9 Å². The molecule has 2 saturated heterocycles. The minimum Gasteiger partial charge on any atom is -0.487 e. The average molecular weight is 605 g/mol. The van der Waals surface area contributed by atoms with E-state index in [2.05, 4.69) is 40.8 Å². The van der Waals surface area contributed by atoms with Crippen LogP contribution in [0.5, 0.6) is 5.75 Å². The van der Waals surface area contributed by atoms with Crippen LogP contribution >= 0.6 is 11.6 Å². The standard InChI is InChI=1S/C26H28ClF3N10O2/c1-16(10-39-15-33-36-37-39)42-23-7-17(4-5-21(23)27)18-8-31-25(32-9-18)34-22-12-38(35-24(22)26(28,29)30)11-19-3-2-6-40(19)20-13-41-14-20/h4-5,7-9,12,15-16,19-20H,2-3,6,10-11,13-14H2,1H3,(H,31,32,34)/t16-,19?/m0/s1. The topological polar surface area (TPSA) is 121 Å². The maximum atomic E-state index is 13.9. The van der Waals surface area contributed by atoms with Gasteiger partial charge in [0.2, 0.25) is 5.95 Å². The van der Waals surface area contributed by atoms with Gasteiger partial charge in [0.25, 0.3) is 0 Å². The maximum Gasteiger partial charge on any atom is 0.437 e. The molecule has 2 fully saturated rings. The molecule has 1 unspecified atom stereocenters. The summed E-state index contributed by atoms with van der Waals surface area (Å²) in [7, 11) is 0. The summed E-state index contributed by atoms with van der Waals surface area (Å²) in [6.45, 7) is 4.87. The van der Waals surface area contributed by atoms with Gasteiger partial charge >= 0.3 is 6.18 Å². The van der Waals surface area contributed by atoms with Crippen molar-refractivity contribution in [3.8, 4) is 16.9 Å². The highest BCUT2D eigenvalue weighted by Gasteiger charge is 2.39. The normalized spacial score (nSPS) is 18.6. The zero-order chi connectivity index (χ0) is 29.3. The first-order valence-corrected chi connectivity index (χ1v) is 13.9. The van der Waals surface area contributed by atoms with Gasteiger partial charge in [0.05, 0.1) is 43.1 Å². The SMILES string of the molecule is C[C@@H](Cn1cnnn1)Oc1cc(-c2cnc(Nc3cn(CC4CCCN4C4COC4)nc3C(F)(F)F)nc2)ccc1Cl. The monoisotopic (exact) mass is 604 g/mol. The highest BCUT2D eigenvalue weighted by molar-refractivity contribution is 6.32. The molecule has 2 atom stereocenters. The molecular weight excluding hydrogens is 577 g/mol. The number of nitrogens with zero attached hydrogens (tertiary/aromatic N) is 9. The number of benzene rings is 1. The van der Waals surface area contributed by atoms with Gasteiger partial charge < -0.3 is 14.8 Å². The van der Waals surface area contributed by atoms with Crippen molar-refractivity contribution in [1.29, 1.82) is 0 Å². The van der Waals surface area contributed by atoms with Gasteiger partial charge in [-0.05, 0) is 54.4 Å². The zero-order valence-electron chi connectivity index (χ0n) is 22.6. The van der Waals surface area contributed by atoms with Gasteiger partial charge in [0.1, 0.15) is 18.2 Å². The molecule has 0 radical (unpaired) electrons. The molecule has 4 aromatic rings. The predicted octanol–water partition coefficient (Wildman–Crippen LogP) is 4.07. The minimum absolute atomic E-state index is 0.0124. The van der Waals surface area contributed by atoms with Gasteiger partial charge in [-0.3, -0.25) is 9.58 Å². The number of anilines is 2. The number of halogens is 4. The number of alkyl halides is 3. The summed E-state index contributed by atoms with van der Waals surface area (Å²) in [5.74, 6) is 0.461. The highest BCUT2D eigenvalue weighted by Crippen LogP contribution is 2.36. The first-order valence-electron chi connectivity index (χ1n) is 13.5. The van der Waals surface area contributed by atoms with Gasteiger partial charge in [-0.2, -0.15) is 18.3 Å². The lowest BCUT2D eigenvalue weighted by Gasteiger charge is -2.38. The van der Waals surface area contributed by atoms with Crippen molar-refractivity contribution in [3.63, 3.8) is 0 Å². The van der Waals surface area contributed by atoms with E-state index < -0.39 is 11.9 Å². The highest BCUT2D eigenvalue weighted by atomic mass is 35.5. The lowest BCUT2D eigenvalue weighted by Crippen LogP contribution is -2.51. The predicted molar refractivity (Wildman–Crippen MR) is 145 cm³/mol. The Morgan fingerprint density at radius 1 is 1.17 bits per heavy atom. The Balaban J connectivity index is 1.15. The van der Waals surface area contributed by atoms with E-state index in [4.69, 9.17) is 21.1 Å². The number of aromatic nitrogens is 8. The Labute approximate surface area is 243 Å². The van der Waals surface area contributed by atoms with Gasteiger partial charge in [-0.25, -0.2) is 14.6 Å². The second-order valence-electron chi connectivity index (χ2n) is 10.4. The molecule has 1 N–H and O–H groups in total. The summed E-state index contributed by atoms with van der Waals surface area (Å²) in [5.41, 5.74) is 0.132. The van der Waals surface area contributed by atoms with Gasteiger partial charge in [-0.15, -0.1) is 5.10 Å². The van der Waals surface area contributed by atoms with Gasteiger partial charge in [0, 0.05) is 30.2 Å². The molecule has 42 heavy (non-hydrogen) atoms. The molecule has 0 amide bonds. The number of hydrogen-bond acceptors (Lipinski definition) is 10. The molecule has 2 aliphatic rings. The number of likely N-dealkylation sites (tertiary alicyclic amines) is 1. The minimum atomic E-state index is -4.65. The molecule has 0 aliphatic carbocycles. The summed E-state index contributed by atoms with van der Waals surface area (Å²) in [6.07, 6.45) is 2.86. The van der Waals surface area contributed by atoms with Crippen molar-refractivity contribution in [2.75, 3.05) is 25.1 Å². The van der Waals surface area contributed by atoms with Crippen LogP contribution in [0.2, 0.25) is 5.02 Å². The Bertz CT molecular complexity index is 1500. The fraction of sp³-hybridized carbons (Fsp3) is 0.462. The number of ether oxygens (including phenoxy) is 2. The first-order chi connectivity index (χ1) is 20.2. The van der Waals surface area contributed by atoms with Crippen molar-refractivity contribution in [2.24, 2.45) is 0 Å². The Kier molecular flexibility index (Phi) is 7.96. The number of tetrazole rings is 1. The summed E-state index contributed by atoms with van der Waals surface area (Å²) in [4.78, 5) is 10.8. The third-order valence-corrected chi connectivity index (χ3v) is 7.58. The summed E-state index contributed by atoms with van der Waals surface area (Å²) < 4.78 is 55.8. The van der Waals surface area contributed by atoms with E-state index in [0.717, 1.165) is 24.9 Å². The second kappa shape index (κ2) is 11.8. The first kappa shape index (κ1) is 28.3. The van der Waals surface area contributed by atoms with E-state index >= 15 is 0 Å². The molecule has 0 bridgehead atoms. The molecule has 0 spiro atoms. The van der Waals surface area contributed by atoms with E-state index in [1.807, 2.05) is 6.92 Å². The van der Waals surface area contributed by atoms with Crippen LogP contribution in [0.25, 0.3) is 11.1 Å². The quantitative estimate of drug-likeness (QED) is 0.283. The van der Waals surface area contributed by atoms with Gasteiger partial charge in [0.15, 0.2) is 5.69 Å². The van der Waals surface area contributed by atoms with Gasteiger partial charge in [-0.1, -0.05) is 17.7 Å². The van der Waals surface area contributed by atoms with Crippen LogP contribution in [-0.2, 0) is 24.0 Å². The molecule has 222 valence electrons. The summed E-state index contributed by atoms with van der Waals surface area (Å²) >= 11 is 6.34. The van der Waals surface area contributed by atoms with Crippen molar-refractivity contribution in [1.82, 2.24) is 44.9 Å². The van der Waals surface area contributed by atoms with E-state index in [0.29, 0.717) is 48.7 Å². The molecule has 12 nitrogen and oxygen atoms in total. The Morgan fingerprint density at radius 3 is 2.67 bits per heavy atom. The smallest absolute Gasteiger partial charge is 0.437 e. The third-order valence-electron chi connectivity index (χ3n) is 7.27. The van der Waals surface area contributed by atoms with Crippen molar-refractivity contribution >= 4 is 23.2 Å². The fourth-order valence-corrected chi connectivity index (χ4v) is 5.36. The number of rotatable bonds is 10. The number of hydrogen-bond donors (Lipinski definition) is 1. The zero-order valence-corrected chi connectivity index (χ0v) is 23.3. The Hall–Kier alpha value is -3.82. The average Bonchev–Trinajstić information content (AvgIpc) is 3.68. The molecule has 16 heteroatoms. The largest absolute Gasteiger partial charge is 0.487 e. The van der Waals surface area contributed by atoms with Crippen molar-refractivity contribution < 1.29 is 22.6 Å². The van der Waals surface area contributed by atoms with E-state index in [1.165, 1.54) is 29.6 Å². The second-order valence-corrected chi connectivity index (χ2v) is 10.8. The van der Waals surface area contributed by atoms with Crippen LogP contribution in [0.3, 0.4) is 0 Å². The third kappa shape index (κ3) is 6.32. The lowest BCUT2D eigenvalue weighted by atomic mass is 10.1. The molecule has 6 rings (SSSR count). The van der Waals surface area contributed by atoms with Crippen molar-refractivity contribution in [2.45, 2.75) is 57.2 Å². The van der Waals surface area contributed by atoms with Crippen LogP contribution in [0.15, 0.2) is 43.1 Å². The molecular formula is C26H28ClF3N10O2. The molecule has 1 aromatic carbocycles. The molecule has 5 heterocycles. The van der Waals surface area contributed by atoms with Crippen LogP contribution in [0, 0.1) is 0 Å². The molecule has 2 aliphatic heterocycles. The van der Waals surface area contributed by atoms with E-state index in [-0.39, 0.29) is 23.8 Å². The fourth-order valence-electron chi connectivity index (χ4n) is 5.20. The van der Waals surface area contributed by atoms with Crippen LogP contribution < -0.4 is 10.1 Å². The lowest BCUT2D eigenvalue weighted by molar-refractivity contribution is -0.140. The Morgan fingerprint density at radius 2 is 1.98 bits per heavy atom. The van der Waals surface area contributed by atoms with Crippen molar-refractivity contribution in [3.05, 3.63) is 53.8 Å².